The van der Waals surface area contributed by atoms with Gasteiger partial charge in [-0.1, -0.05) is 18.2 Å². The molecule has 0 aliphatic rings. The zero-order valence-electron chi connectivity index (χ0n) is 14.0. The predicted molar refractivity (Wildman–Crippen MR) is 94.7 cm³/mol. The molecule has 4 nitrogen and oxygen atoms in total. The first-order valence-corrected chi connectivity index (χ1v) is 8.07. The zero-order valence-corrected chi connectivity index (χ0v) is 14.0. The fourth-order valence-electron chi connectivity index (χ4n) is 2.37. The number of nitrogens with one attached hydrogen (secondary N) is 1. The molecule has 4 heteroatoms. The summed E-state index contributed by atoms with van der Waals surface area (Å²) in [6.45, 7) is 0.724. The molecule has 2 rings (SSSR count). The third kappa shape index (κ3) is 6.10. The fourth-order valence-corrected chi connectivity index (χ4v) is 2.37. The van der Waals surface area contributed by atoms with Crippen molar-refractivity contribution in [2.75, 3.05) is 25.5 Å². The summed E-state index contributed by atoms with van der Waals surface area (Å²) in [5.74, 6) is 0.108. The summed E-state index contributed by atoms with van der Waals surface area (Å²) in [5, 5.41) is 2.99. The number of pyridine rings is 1. The van der Waals surface area contributed by atoms with Gasteiger partial charge in [0, 0.05) is 45.1 Å². The number of aromatic nitrogens is 1. The molecule has 1 aromatic carbocycles. The molecule has 0 bridgehead atoms. The van der Waals surface area contributed by atoms with Crippen LogP contribution in [0.2, 0.25) is 0 Å². The van der Waals surface area contributed by atoms with Crippen LogP contribution in [0.3, 0.4) is 0 Å². The molecule has 0 radical (unpaired) electrons. The summed E-state index contributed by atoms with van der Waals surface area (Å²) in [4.78, 5) is 18.0. The van der Waals surface area contributed by atoms with E-state index in [1.165, 1.54) is 11.3 Å². The number of carbonyl (C=O) groups excluding carboxylic acids is 1. The van der Waals surface area contributed by atoms with Crippen molar-refractivity contribution in [3.05, 3.63) is 59.9 Å². The van der Waals surface area contributed by atoms with Crippen LogP contribution >= 0.6 is 0 Å². The lowest BCUT2D eigenvalue weighted by Gasteiger charge is -2.12. The number of amides is 1. The fraction of sp³-hybridized carbons (Fsp3) is 0.368. The van der Waals surface area contributed by atoms with Crippen LogP contribution in [0.1, 0.15) is 24.0 Å². The molecule has 0 atom stereocenters. The van der Waals surface area contributed by atoms with E-state index in [0.29, 0.717) is 6.42 Å². The number of rotatable bonds is 8. The summed E-state index contributed by atoms with van der Waals surface area (Å²) in [6, 6.07) is 12.5. The largest absolute Gasteiger partial charge is 0.378 e. The minimum atomic E-state index is 0.108. The number of hydrogen-bond donors (Lipinski definition) is 1. The first kappa shape index (κ1) is 17.0. The van der Waals surface area contributed by atoms with Crippen molar-refractivity contribution >= 4 is 11.6 Å². The van der Waals surface area contributed by atoms with Crippen LogP contribution in [0.25, 0.3) is 0 Å². The number of benzene rings is 1. The molecule has 2 aromatic rings. The van der Waals surface area contributed by atoms with Gasteiger partial charge < -0.3 is 10.2 Å². The van der Waals surface area contributed by atoms with E-state index in [0.717, 1.165) is 31.4 Å². The molecule has 0 fully saturated rings. The molecule has 0 spiro atoms. The third-order valence-corrected chi connectivity index (χ3v) is 3.78. The molecule has 1 N–H and O–H groups in total. The van der Waals surface area contributed by atoms with Gasteiger partial charge in [-0.2, -0.15) is 0 Å². The highest BCUT2D eigenvalue weighted by Gasteiger charge is 2.02. The second-order valence-corrected chi connectivity index (χ2v) is 5.88. The average Bonchev–Trinajstić information content (AvgIpc) is 2.58. The lowest BCUT2D eigenvalue weighted by atomic mass is 10.1. The normalized spacial score (nSPS) is 10.3. The van der Waals surface area contributed by atoms with Gasteiger partial charge in [0.05, 0.1) is 0 Å². The van der Waals surface area contributed by atoms with Gasteiger partial charge >= 0.3 is 0 Å². The topological polar surface area (TPSA) is 45.2 Å². The van der Waals surface area contributed by atoms with E-state index < -0.39 is 0 Å². The quantitative estimate of drug-likeness (QED) is 0.763. The summed E-state index contributed by atoms with van der Waals surface area (Å²) in [7, 11) is 4.08. The second-order valence-electron chi connectivity index (χ2n) is 5.88. The van der Waals surface area contributed by atoms with Crippen LogP contribution in [0.5, 0.6) is 0 Å². The van der Waals surface area contributed by atoms with Crippen molar-refractivity contribution in [3.63, 3.8) is 0 Å². The van der Waals surface area contributed by atoms with E-state index in [4.69, 9.17) is 0 Å². The SMILES string of the molecule is CN(C)c1ccc(CCCNC(=O)CCc2cccnc2)cc1. The first-order valence-electron chi connectivity index (χ1n) is 8.07. The van der Waals surface area contributed by atoms with Crippen molar-refractivity contribution in [1.82, 2.24) is 10.3 Å². The van der Waals surface area contributed by atoms with Gasteiger partial charge in [-0.25, -0.2) is 0 Å². The summed E-state index contributed by atoms with van der Waals surface area (Å²) >= 11 is 0. The molecule has 1 amide bonds. The van der Waals surface area contributed by atoms with E-state index in [2.05, 4.69) is 39.5 Å². The van der Waals surface area contributed by atoms with E-state index in [1.807, 2.05) is 32.4 Å². The van der Waals surface area contributed by atoms with E-state index >= 15 is 0 Å². The lowest BCUT2D eigenvalue weighted by Crippen LogP contribution is -2.25. The molecule has 0 aliphatic carbocycles. The molecule has 0 aliphatic heterocycles. The minimum absolute atomic E-state index is 0.108. The number of hydrogen-bond acceptors (Lipinski definition) is 3. The van der Waals surface area contributed by atoms with Gasteiger partial charge in [-0.15, -0.1) is 0 Å². The molecular formula is C19H25N3O. The average molecular weight is 311 g/mol. The van der Waals surface area contributed by atoms with E-state index in [1.54, 1.807) is 6.20 Å². The lowest BCUT2D eigenvalue weighted by molar-refractivity contribution is -0.121. The molecule has 1 aromatic heterocycles. The van der Waals surface area contributed by atoms with Crippen LogP contribution in [-0.4, -0.2) is 31.5 Å². The molecular weight excluding hydrogens is 286 g/mol. The zero-order chi connectivity index (χ0) is 16.5. The Morgan fingerprint density at radius 1 is 1.09 bits per heavy atom. The number of carbonyl (C=O) groups is 1. The highest BCUT2D eigenvalue weighted by Crippen LogP contribution is 2.13. The van der Waals surface area contributed by atoms with Gasteiger partial charge in [-0.3, -0.25) is 9.78 Å². The Bertz CT molecular complexity index is 594. The summed E-state index contributed by atoms with van der Waals surface area (Å²) < 4.78 is 0. The third-order valence-electron chi connectivity index (χ3n) is 3.78. The van der Waals surface area contributed by atoms with Crippen LogP contribution in [0.4, 0.5) is 5.69 Å². The summed E-state index contributed by atoms with van der Waals surface area (Å²) in [6.07, 6.45) is 6.75. The second kappa shape index (κ2) is 8.93. The molecule has 1 heterocycles. The maximum absolute atomic E-state index is 11.8. The monoisotopic (exact) mass is 311 g/mol. The maximum atomic E-state index is 11.8. The molecule has 0 saturated carbocycles. The smallest absolute Gasteiger partial charge is 0.220 e. The highest BCUT2D eigenvalue weighted by molar-refractivity contribution is 5.76. The maximum Gasteiger partial charge on any atom is 0.220 e. The first-order chi connectivity index (χ1) is 11.1. The molecule has 0 unspecified atom stereocenters. The van der Waals surface area contributed by atoms with Gasteiger partial charge in [0.15, 0.2) is 0 Å². The van der Waals surface area contributed by atoms with Crippen molar-refractivity contribution in [3.8, 4) is 0 Å². The Morgan fingerprint density at radius 3 is 2.52 bits per heavy atom. The standard InChI is InChI=1S/C19H25N3O/c1-22(2)18-10-7-16(8-11-18)5-4-14-21-19(23)12-9-17-6-3-13-20-15-17/h3,6-8,10-11,13,15H,4-5,9,12,14H2,1-2H3,(H,21,23). The molecule has 122 valence electrons. The molecule has 0 saturated heterocycles. The van der Waals surface area contributed by atoms with Crippen LogP contribution in [0.15, 0.2) is 48.8 Å². The van der Waals surface area contributed by atoms with Crippen LogP contribution < -0.4 is 10.2 Å². The summed E-state index contributed by atoms with van der Waals surface area (Å²) in [5.41, 5.74) is 3.61. The number of anilines is 1. The van der Waals surface area contributed by atoms with Crippen molar-refractivity contribution in [2.45, 2.75) is 25.7 Å². The van der Waals surface area contributed by atoms with E-state index in [-0.39, 0.29) is 5.91 Å². The van der Waals surface area contributed by atoms with Gasteiger partial charge in [0.1, 0.15) is 0 Å². The van der Waals surface area contributed by atoms with Crippen LogP contribution in [0, 0.1) is 0 Å². The van der Waals surface area contributed by atoms with Gasteiger partial charge in [-0.05, 0) is 48.6 Å². The Kier molecular flexibility index (Phi) is 6.60. The Balaban J connectivity index is 1.62. The van der Waals surface area contributed by atoms with Gasteiger partial charge in [0.25, 0.3) is 0 Å². The van der Waals surface area contributed by atoms with Crippen molar-refractivity contribution in [1.29, 1.82) is 0 Å². The minimum Gasteiger partial charge on any atom is -0.378 e. The predicted octanol–water partition coefficient (Wildman–Crippen LogP) is 2.83. The van der Waals surface area contributed by atoms with Crippen molar-refractivity contribution in [2.24, 2.45) is 0 Å². The Labute approximate surface area is 138 Å². The number of aryl methyl sites for hydroxylation is 2. The van der Waals surface area contributed by atoms with Crippen LogP contribution in [-0.2, 0) is 17.6 Å². The Morgan fingerprint density at radius 2 is 1.87 bits per heavy atom. The van der Waals surface area contributed by atoms with E-state index in [9.17, 15) is 4.79 Å². The van der Waals surface area contributed by atoms with Crippen molar-refractivity contribution < 1.29 is 4.79 Å². The Hall–Kier alpha value is -2.36. The number of nitrogens with zero attached hydrogens (tertiary/aromatic N) is 2. The molecule has 23 heavy (non-hydrogen) atoms. The van der Waals surface area contributed by atoms with Gasteiger partial charge in [0.2, 0.25) is 5.91 Å². The highest BCUT2D eigenvalue weighted by atomic mass is 16.1.